The molecule has 0 unspecified atom stereocenters. The standard InChI is InChI=1S/C25H24N2O4S/c1-15-8-9-16(2)18(12-15)13-21(28)27-11-10-19-20(14-27)32-24(22(19)25(30)31)26-23(29)17-6-4-3-5-7-17/h3-9,12H,10-11,13-14H2,1-2H3,(H,26,29)(H,30,31). The zero-order chi connectivity index (χ0) is 22.8. The first-order chi connectivity index (χ1) is 15.3. The number of carboxylic acid groups (broad SMARTS) is 1. The highest BCUT2D eigenvalue weighted by Crippen LogP contribution is 2.37. The van der Waals surface area contributed by atoms with Gasteiger partial charge < -0.3 is 15.3 Å². The van der Waals surface area contributed by atoms with E-state index in [0.29, 0.717) is 42.1 Å². The van der Waals surface area contributed by atoms with Gasteiger partial charge in [0.2, 0.25) is 5.91 Å². The summed E-state index contributed by atoms with van der Waals surface area (Å²) in [6.45, 7) is 4.81. The second kappa shape index (κ2) is 8.96. The van der Waals surface area contributed by atoms with Crippen LogP contribution in [0.4, 0.5) is 5.00 Å². The highest BCUT2D eigenvalue weighted by atomic mass is 32.1. The van der Waals surface area contributed by atoms with Crippen molar-refractivity contribution in [3.8, 4) is 0 Å². The highest BCUT2D eigenvalue weighted by molar-refractivity contribution is 7.17. The van der Waals surface area contributed by atoms with E-state index >= 15 is 0 Å². The van der Waals surface area contributed by atoms with Crippen LogP contribution in [0, 0.1) is 13.8 Å². The maximum atomic E-state index is 13.0. The van der Waals surface area contributed by atoms with E-state index in [1.807, 2.05) is 38.1 Å². The van der Waals surface area contributed by atoms with Gasteiger partial charge in [0.1, 0.15) is 5.00 Å². The van der Waals surface area contributed by atoms with Gasteiger partial charge in [-0.2, -0.15) is 0 Å². The van der Waals surface area contributed by atoms with Gasteiger partial charge in [0.15, 0.2) is 0 Å². The van der Waals surface area contributed by atoms with Crippen molar-refractivity contribution in [1.29, 1.82) is 0 Å². The van der Waals surface area contributed by atoms with Crippen molar-refractivity contribution in [1.82, 2.24) is 4.90 Å². The van der Waals surface area contributed by atoms with Crippen molar-refractivity contribution in [2.45, 2.75) is 33.2 Å². The molecular weight excluding hydrogens is 424 g/mol. The zero-order valence-electron chi connectivity index (χ0n) is 18.0. The Morgan fingerprint density at radius 2 is 1.84 bits per heavy atom. The van der Waals surface area contributed by atoms with Gasteiger partial charge in [-0.3, -0.25) is 9.59 Å². The highest BCUT2D eigenvalue weighted by Gasteiger charge is 2.30. The Kier molecular flexibility index (Phi) is 6.10. The van der Waals surface area contributed by atoms with Crippen molar-refractivity contribution in [3.05, 3.63) is 86.8 Å². The number of hydrogen-bond acceptors (Lipinski definition) is 4. The molecule has 4 rings (SSSR count). The minimum Gasteiger partial charge on any atom is -0.478 e. The fourth-order valence-electron chi connectivity index (χ4n) is 3.96. The number of carbonyl (C=O) groups is 3. The van der Waals surface area contributed by atoms with Gasteiger partial charge in [-0.05, 0) is 49.1 Å². The summed E-state index contributed by atoms with van der Waals surface area (Å²) in [5.41, 5.74) is 4.51. The van der Waals surface area contributed by atoms with E-state index < -0.39 is 5.97 Å². The zero-order valence-corrected chi connectivity index (χ0v) is 18.8. The second-order valence-electron chi connectivity index (χ2n) is 8.01. The van der Waals surface area contributed by atoms with Gasteiger partial charge in [0, 0.05) is 17.0 Å². The molecule has 1 aromatic heterocycles. The number of carbonyl (C=O) groups excluding carboxylic acids is 2. The minimum atomic E-state index is -1.07. The van der Waals surface area contributed by atoms with Crippen molar-refractivity contribution < 1.29 is 19.5 Å². The number of nitrogens with zero attached hydrogens (tertiary/aromatic N) is 1. The number of aromatic carboxylic acids is 1. The van der Waals surface area contributed by atoms with Gasteiger partial charge in [0.05, 0.1) is 18.5 Å². The summed E-state index contributed by atoms with van der Waals surface area (Å²) in [5.74, 6) is -1.40. The van der Waals surface area contributed by atoms with Gasteiger partial charge in [-0.25, -0.2) is 4.79 Å². The molecule has 6 nitrogen and oxygen atoms in total. The molecule has 1 aliphatic rings. The van der Waals surface area contributed by atoms with Crippen LogP contribution in [0.1, 0.15) is 47.8 Å². The molecule has 7 heteroatoms. The fraction of sp³-hybridized carbons (Fsp3) is 0.240. The quantitative estimate of drug-likeness (QED) is 0.604. The van der Waals surface area contributed by atoms with Crippen molar-refractivity contribution >= 4 is 34.1 Å². The van der Waals surface area contributed by atoms with E-state index in [4.69, 9.17) is 0 Å². The third kappa shape index (κ3) is 4.43. The lowest BCUT2D eigenvalue weighted by atomic mass is 10.00. The topological polar surface area (TPSA) is 86.7 Å². The Morgan fingerprint density at radius 3 is 2.56 bits per heavy atom. The molecule has 32 heavy (non-hydrogen) atoms. The third-order valence-corrected chi connectivity index (χ3v) is 6.87. The van der Waals surface area contributed by atoms with Gasteiger partial charge in [-0.15, -0.1) is 11.3 Å². The number of carboxylic acids is 1. The van der Waals surface area contributed by atoms with Crippen LogP contribution in [0.2, 0.25) is 0 Å². The number of aryl methyl sites for hydroxylation is 2. The van der Waals surface area contributed by atoms with E-state index in [1.165, 1.54) is 11.3 Å². The minimum absolute atomic E-state index is 0.0181. The SMILES string of the molecule is Cc1ccc(C)c(CC(=O)N2CCc3c(sc(NC(=O)c4ccccc4)c3C(=O)O)C2)c1. The Balaban J connectivity index is 1.55. The molecule has 2 aromatic carbocycles. The average molecular weight is 449 g/mol. The summed E-state index contributed by atoms with van der Waals surface area (Å²) in [7, 11) is 0. The molecule has 3 aromatic rings. The lowest BCUT2D eigenvalue weighted by Crippen LogP contribution is -2.36. The molecule has 0 radical (unpaired) electrons. The molecule has 0 bridgehead atoms. The summed E-state index contributed by atoms with van der Waals surface area (Å²) in [6.07, 6.45) is 0.769. The smallest absolute Gasteiger partial charge is 0.339 e. The molecule has 2 N–H and O–H groups in total. The molecular formula is C25H24N2O4S. The van der Waals surface area contributed by atoms with E-state index in [2.05, 4.69) is 5.32 Å². The maximum Gasteiger partial charge on any atom is 0.339 e. The van der Waals surface area contributed by atoms with E-state index in [-0.39, 0.29) is 17.4 Å². The maximum absolute atomic E-state index is 13.0. The lowest BCUT2D eigenvalue weighted by Gasteiger charge is -2.27. The van der Waals surface area contributed by atoms with Crippen LogP contribution in [0.15, 0.2) is 48.5 Å². The monoisotopic (exact) mass is 448 g/mol. The summed E-state index contributed by atoms with van der Waals surface area (Å²) >= 11 is 1.24. The third-order valence-electron chi connectivity index (χ3n) is 5.73. The van der Waals surface area contributed by atoms with Crippen molar-refractivity contribution in [2.75, 3.05) is 11.9 Å². The van der Waals surface area contributed by atoms with Crippen molar-refractivity contribution in [2.24, 2.45) is 0 Å². The van der Waals surface area contributed by atoms with E-state index in [1.54, 1.807) is 29.2 Å². The number of thiophene rings is 1. The summed E-state index contributed by atoms with van der Waals surface area (Å²) in [4.78, 5) is 40.1. The molecule has 0 saturated carbocycles. The summed E-state index contributed by atoms with van der Waals surface area (Å²) < 4.78 is 0. The van der Waals surface area contributed by atoms with Crippen molar-refractivity contribution in [3.63, 3.8) is 0 Å². The second-order valence-corrected chi connectivity index (χ2v) is 9.11. The first-order valence-corrected chi connectivity index (χ1v) is 11.2. The first kappa shape index (κ1) is 21.8. The van der Waals surface area contributed by atoms with Crippen LogP contribution in [0.3, 0.4) is 0 Å². The predicted octanol–water partition coefficient (Wildman–Crippen LogP) is 4.44. The number of nitrogens with one attached hydrogen (secondary N) is 1. The number of fused-ring (bicyclic) bond motifs is 1. The molecule has 2 amide bonds. The Hall–Kier alpha value is -3.45. The molecule has 2 heterocycles. The number of amides is 2. The lowest BCUT2D eigenvalue weighted by molar-refractivity contribution is -0.131. The number of benzene rings is 2. The Labute approximate surface area is 190 Å². The van der Waals surface area contributed by atoms with Crippen LogP contribution in [0.5, 0.6) is 0 Å². The number of rotatable bonds is 5. The van der Waals surface area contributed by atoms with Crippen LogP contribution in [-0.2, 0) is 24.2 Å². The molecule has 0 spiro atoms. The molecule has 0 fully saturated rings. The van der Waals surface area contributed by atoms with Gasteiger partial charge >= 0.3 is 5.97 Å². The van der Waals surface area contributed by atoms with E-state index in [9.17, 15) is 19.5 Å². The molecule has 164 valence electrons. The fourth-order valence-corrected chi connectivity index (χ4v) is 5.21. The predicted molar refractivity (Wildman–Crippen MR) is 124 cm³/mol. The molecule has 0 aliphatic carbocycles. The Bertz CT molecular complexity index is 1200. The average Bonchev–Trinajstić information content (AvgIpc) is 3.14. The largest absolute Gasteiger partial charge is 0.478 e. The summed E-state index contributed by atoms with van der Waals surface area (Å²) in [6, 6.07) is 14.8. The van der Waals surface area contributed by atoms with E-state index in [0.717, 1.165) is 21.6 Å². The number of anilines is 1. The van der Waals surface area contributed by atoms with Gasteiger partial charge in [-0.1, -0.05) is 42.0 Å². The molecule has 0 saturated heterocycles. The number of hydrogen-bond donors (Lipinski definition) is 2. The molecule has 1 aliphatic heterocycles. The van der Waals surface area contributed by atoms with Crippen LogP contribution >= 0.6 is 11.3 Å². The van der Waals surface area contributed by atoms with Crippen LogP contribution in [0.25, 0.3) is 0 Å². The van der Waals surface area contributed by atoms with Gasteiger partial charge in [0.25, 0.3) is 5.91 Å². The van der Waals surface area contributed by atoms with Crippen LogP contribution < -0.4 is 5.32 Å². The molecule has 0 atom stereocenters. The normalized spacial score (nSPS) is 12.9. The van der Waals surface area contributed by atoms with Crippen LogP contribution in [-0.4, -0.2) is 34.3 Å². The summed E-state index contributed by atoms with van der Waals surface area (Å²) in [5, 5.41) is 12.9. The first-order valence-electron chi connectivity index (χ1n) is 10.4. The Morgan fingerprint density at radius 1 is 1.09 bits per heavy atom.